The van der Waals surface area contributed by atoms with Crippen molar-refractivity contribution < 1.29 is 23.4 Å². The predicted molar refractivity (Wildman–Crippen MR) is 98.4 cm³/mol. The molecule has 1 aliphatic heterocycles. The smallest absolute Gasteiger partial charge is 0.273 e. The maximum atomic E-state index is 12.3. The third-order valence-electron chi connectivity index (χ3n) is 3.99. The van der Waals surface area contributed by atoms with Gasteiger partial charge in [0.15, 0.2) is 23.8 Å². The minimum atomic E-state index is -0.268. The number of oxazole rings is 1. The van der Waals surface area contributed by atoms with Crippen LogP contribution < -0.4 is 19.5 Å². The number of carbonyl (C=O) groups is 1. The summed E-state index contributed by atoms with van der Waals surface area (Å²) in [6.45, 7) is 2.28. The van der Waals surface area contributed by atoms with Crippen LogP contribution >= 0.6 is 11.3 Å². The fraction of sp³-hybridized carbons (Fsp3) is 0.263. The van der Waals surface area contributed by atoms with Crippen LogP contribution in [-0.4, -0.2) is 23.7 Å². The van der Waals surface area contributed by atoms with Gasteiger partial charge in [-0.15, -0.1) is 0 Å². The van der Waals surface area contributed by atoms with Crippen molar-refractivity contribution in [3.8, 4) is 17.2 Å². The molecule has 1 aliphatic rings. The second-order valence-electron chi connectivity index (χ2n) is 6.14. The van der Waals surface area contributed by atoms with Crippen LogP contribution in [0.15, 0.2) is 45.7 Å². The fourth-order valence-electron chi connectivity index (χ4n) is 2.70. The van der Waals surface area contributed by atoms with Crippen molar-refractivity contribution in [3.05, 3.63) is 58.4 Å². The number of rotatable bonds is 7. The first-order chi connectivity index (χ1) is 13.2. The Labute approximate surface area is 159 Å². The topological polar surface area (TPSA) is 82.8 Å². The number of thiophene rings is 1. The summed E-state index contributed by atoms with van der Waals surface area (Å²) in [6, 6.07) is 7.34. The average Bonchev–Trinajstić information content (AvgIpc) is 3.40. The first-order valence-corrected chi connectivity index (χ1v) is 9.40. The molecule has 27 heavy (non-hydrogen) atoms. The largest absolute Gasteiger partial charge is 0.484 e. The molecule has 0 aliphatic carbocycles. The van der Waals surface area contributed by atoms with E-state index in [0.29, 0.717) is 23.1 Å². The summed E-state index contributed by atoms with van der Waals surface area (Å²) < 4.78 is 21.5. The summed E-state index contributed by atoms with van der Waals surface area (Å²) >= 11 is 1.64. The Balaban J connectivity index is 1.30. The first-order valence-electron chi connectivity index (χ1n) is 8.46. The van der Waals surface area contributed by atoms with Gasteiger partial charge in [-0.25, -0.2) is 4.98 Å². The van der Waals surface area contributed by atoms with E-state index < -0.39 is 0 Å². The number of benzene rings is 1. The van der Waals surface area contributed by atoms with E-state index in [1.165, 1.54) is 11.8 Å². The highest BCUT2D eigenvalue weighted by molar-refractivity contribution is 7.07. The molecule has 4 rings (SSSR count). The summed E-state index contributed by atoms with van der Waals surface area (Å²) in [5.41, 5.74) is 1.43. The third-order valence-corrected chi connectivity index (χ3v) is 4.72. The molecule has 1 aromatic carbocycles. The van der Waals surface area contributed by atoms with Gasteiger partial charge < -0.3 is 23.9 Å². The van der Waals surface area contributed by atoms with Gasteiger partial charge in [0.2, 0.25) is 12.7 Å². The lowest BCUT2D eigenvalue weighted by atomic mass is 10.1. The summed E-state index contributed by atoms with van der Waals surface area (Å²) in [5, 5.41) is 7.02. The van der Waals surface area contributed by atoms with Crippen molar-refractivity contribution in [2.24, 2.45) is 0 Å². The predicted octanol–water partition coefficient (Wildman–Crippen LogP) is 3.40. The van der Waals surface area contributed by atoms with Gasteiger partial charge in [0.25, 0.3) is 5.91 Å². The molecule has 140 valence electrons. The van der Waals surface area contributed by atoms with Gasteiger partial charge in [0.05, 0.1) is 0 Å². The zero-order chi connectivity index (χ0) is 18.6. The van der Waals surface area contributed by atoms with Crippen molar-refractivity contribution in [2.45, 2.75) is 26.0 Å². The van der Waals surface area contributed by atoms with Crippen LogP contribution in [0.2, 0.25) is 0 Å². The van der Waals surface area contributed by atoms with E-state index in [9.17, 15) is 4.79 Å². The minimum Gasteiger partial charge on any atom is -0.484 e. The van der Waals surface area contributed by atoms with Gasteiger partial charge >= 0.3 is 0 Å². The number of hydrogen-bond acceptors (Lipinski definition) is 7. The van der Waals surface area contributed by atoms with Crippen LogP contribution in [0, 0.1) is 0 Å². The monoisotopic (exact) mass is 386 g/mol. The van der Waals surface area contributed by atoms with Crippen LogP contribution in [0.25, 0.3) is 0 Å². The molecule has 1 atom stereocenters. The Morgan fingerprint density at radius 2 is 2.22 bits per heavy atom. The molecule has 0 spiro atoms. The van der Waals surface area contributed by atoms with Crippen LogP contribution in [0.3, 0.4) is 0 Å². The summed E-state index contributed by atoms with van der Waals surface area (Å²) in [4.78, 5) is 16.5. The Bertz CT molecular complexity index is 922. The molecule has 0 unspecified atom stereocenters. The second kappa shape index (κ2) is 7.71. The van der Waals surface area contributed by atoms with E-state index >= 15 is 0 Å². The molecular weight excluding hydrogens is 368 g/mol. The van der Waals surface area contributed by atoms with Crippen LogP contribution in [0.4, 0.5) is 0 Å². The van der Waals surface area contributed by atoms with E-state index in [4.69, 9.17) is 18.6 Å². The second-order valence-corrected chi connectivity index (χ2v) is 6.92. The number of nitrogens with zero attached hydrogens (tertiary/aromatic N) is 1. The van der Waals surface area contributed by atoms with Gasteiger partial charge in [0.1, 0.15) is 12.0 Å². The molecule has 1 amide bonds. The van der Waals surface area contributed by atoms with Crippen molar-refractivity contribution in [1.82, 2.24) is 10.3 Å². The lowest BCUT2D eigenvalue weighted by Crippen LogP contribution is -2.34. The quantitative estimate of drug-likeness (QED) is 0.670. The molecule has 0 bridgehead atoms. The maximum absolute atomic E-state index is 12.3. The van der Waals surface area contributed by atoms with Gasteiger partial charge in [-0.2, -0.15) is 11.3 Å². The van der Waals surface area contributed by atoms with E-state index in [1.807, 2.05) is 12.3 Å². The van der Waals surface area contributed by atoms with Gasteiger partial charge in [0, 0.05) is 12.1 Å². The van der Waals surface area contributed by atoms with Gasteiger partial charge in [-0.1, -0.05) is 0 Å². The summed E-state index contributed by atoms with van der Waals surface area (Å²) in [5.74, 6) is 1.99. The van der Waals surface area contributed by atoms with E-state index in [0.717, 1.165) is 6.42 Å². The average molecular weight is 386 g/mol. The standard InChI is InChI=1S/C19H18N2O5S/c1-12(6-13-4-5-27-10-13)20-19(22)15-8-24-18(21-15)9-23-14-2-3-16-17(7-14)26-11-25-16/h2-5,7-8,10,12H,6,9,11H2,1H3,(H,20,22)/t12-/m1/s1. The lowest BCUT2D eigenvalue weighted by Gasteiger charge is -2.11. The Morgan fingerprint density at radius 1 is 1.33 bits per heavy atom. The number of ether oxygens (including phenoxy) is 3. The molecule has 2 aromatic heterocycles. The van der Waals surface area contributed by atoms with Crippen LogP contribution in [0.5, 0.6) is 17.2 Å². The van der Waals surface area contributed by atoms with E-state index in [-0.39, 0.29) is 31.0 Å². The van der Waals surface area contributed by atoms with Gasteiger partial charge in [-0.05, 0) is 47.9 Å². The molecule has 0 saturated heterocycles. The highest BCUT2D eigenvalue weighted by Gasteiger charge is 2.17. The normalized spacial score (nSPS) is 13.4. The highest BCUT2D eigenvalue weighted by Crippen LogP contribution is 2.35. The molecule has 7 nitrogen and oxygen atoms in total. The van der Waals surface area contributed by atoms with Crippen molar-refractivity contribution in [2.75, 3.05) is 6.79 Å². The number of aromatic nitrogens is 1. The maximum Gasteiger partial charge on any atom is 0.273 e. The zero-order valence-electron chi connectivity index (χ0n) is 14.6. The minimum absolute atomic E-state index is 0.00265. The number of hydrogen-bond donors (Lipinski definition) is 1. The number of nitrogens with one attached hydrogen (secondary N) is 1. The molecule has 3 aromatic rings. The SMILES string of the molecule is C[C@H](Cc1ccsc1)NC(=O)c1coc(COc2ccc3c(c2)OCO3)n1. The fourth-order valence-corrected chi connectivity index (χ4v) is 3.39. The molecule has 8 heteroatoms. The summed E-state index contributed by atoms with van der Waals surface area (Å²) in [6.07, 6.45) is 2.11. The van der Waals surface area contributed by atoms with E-state index in [2.05, 4.69) is 21.7 Å². The lowest BCUT2D eigenvalue weighted by molar-refractivity contribution is 0.0935. The number of carbonyl (C=O) groups excluding carboxylic acids is 1. The zero-order valence-corrected chi connectivity index (χ0v) is 15.5. The summed E-state index contributed by atoms with van der Waals surface area (Å²) in [7, 11) is 0. The number of amides is 1. The highest BCUT2D eigenvalue weighted by atomic mass is 32.1. The third kappa shape index (κ3) is 4.22. The molecule has 3 heterocycles. The molecule has 0 radical (unpaired) electrons. The Hall–Kier alpha value is -3.00. The van der Waals surface area contributed by atoms with Gasteiger partial charge in [-0.3, -0.25) is 4.79 Å². The first kappa shape index (κ1) is 17.4. The van der Waals surface area contributed by atoms with Crippen LogP contribution in [-0.2, 0) is 13.0 Å². The van der Waals surface area contributed by atoms with Crippen molar-refractivity contribution in [1.29, 1.82) is 0 Å². The Kier molecular flexibility index (Phi) is 4.97. The van der Waals surface area contributed by atoms with E-state index in [1.54, 1.807) is 29.5 Å². The Morgan fingerprint density at radius 3 is 3.07 bits per heavy atom. The molecule has 0 fully saturated rings. The molecular formula is C19H18N2O5S. The van der Waals surface area contributed by atoms with Crippen LogP contribution in [0.1, 0.15) is 28.9 Å². The molecule has 0 saturated carbocycles. The number of fused-ring (bicyclic) bond motifs is 1. The van der Waals surface area contributed by atoms with Crippen molar-refractivity contribution in [3.63, 3.8) is 0 Å². The van der Waals surface area contributed by atoms with Crippen molar-refractivity contribution >= 4 is 17.2 Å². The molecule has 1 N–H and O–H groups in total.